The van der Waals surface area contributed by atoms with Crippen molar-refractivity contribution in [1.29, 1.82) is 0 Å². The SMILES string of the molecule is CC(C)(C)NC(=O)c1c[nH]c2ccc(OCc3ccccc3)cc12. The average molecular weight is 322 g/mol. The van der Waals surface area contributed by atoms with Gasteiger partial charge in [0.05, 0.1) is 5.56 Å². The second-order valence-electron chi connectivity index (χ2n) is 6.89. The van der Waals surface area contributed by atoms with Gasteiger partial charge in [-0.1, -0.05) is 30.3 Å². The van der Waals surface area contributed by atoms with Gasteiger partial charge < -0.3 is 15.0 Å². The Labute approximate surface area is 141 Å². The zero-order valence-electron chi connectivity index (χ0n) is 14.2. The monoisotopic (exact) mass is 322 g/mol. The van der Waals surface area contributed by atoms with Gasteiger partial charge in [0.1, 0.15) is 12.4 Å². The highest BCUT2D eigenvalue weighted by atomic mass is 16.5. The molecule has 2 N–H and O–H groups in total. The second-order valence-corrected chi connectivity index (χ2v) is 6.89. The van der Waals surface area contributed by atoms with Crippen molar-refractivity contribution in [3.8, 4) is 5.75 Å². The number of ether oxygens (including phenoxy) is 1. The molecule has 0 aliphatic rings. The Kier molecular flexibility index (Phi) is 4.30. The number of fused-ring (bicyclic) bond motifs is 1. The summed E-state index contributed by atoms with van der Waals surface area (Å²) in [6, 6.07) is 15.8. The Hall–Kier alpha value is -2.75. The first-order chi connectivity index (χ1) is 11.4. The molecule has 4 nitrogen and oxygen atoms in total. The van der Waals surface area contributed by atoms with Crippen molar-refractivity contribution in [3.05, 3.63) is 65.9 Å². The van der Waals surface area contributed by atoms with E-state index in [0.717, 1.165) is 22.2 Å². The van der Waals surface area contributed by atoms with E-state index in [1.807, 2.05) is 69.3 Å². The van der Waals surface area contributed by atoms with Crippen molar-refractivity contribution in [1.82, 2.24) is 10.3 Å². The lowest BCUT2D eigenvalue weighted by Gasteiger charge is -2.20. The number of carbonyl (C=O) groups excluding carboxylic acids is 1. The molecule has 2 aromatic carbocycles. The molecule has 0 fully saturated rings. The van der Waals surface area contributed by atoms with E-state index in [1.165, 1.54) is 0 Å². The number of aromatic nitrogens is 1. The van der Waals surface area contributed by atoms with E-state index in [2.05, 4.69) is 10.3 Å². The summed E-state index contributed by atoms with van der Waals surface area (Å²) < 4.78 is 5.86. The third-order valence-corrected chi connectivity index (χ3v) is 3.63. The van der Waals surface area contributed by atoms with E-state index in [-0.39, 0.29) is 11.4 Å². The molecule has 124 valence electrons. The maximum atomic E-state index is 12.5. The molecule has 3 rings (SSSR count). The number of aromatic amines is 1. The molecule has 1 amide bonds. The van der Waals surface area contributed by atoms with Crippen LogP contribution in [-0.4, -0.2) is 16.4 Å². The zero-order valence-corrected chi connectivity index (χ0v) is 14.2. The van der Waals surface area contributed by atoms with E-state index in [1.54, 1.807) is 6.20 Å². The Morgan fingerprint density at radius 3 is 2.58 bits per heavy atom. The third kappa shape index (κ3) is 3.77. The highest BCUT2D eigenvalue weighted by molar-refractivity contribution is 6.07. The minimum Gasteiger partial charge on any atom is -0.489 e. The fraction of sp³-hybridized carbons (Fsp3) is 0.250. The quantitative estimate of drug-likeness (QED) is 0.753. The second kappa shape index (κ2) is 6.40. The summed E-state index contributed by atoms with van der Waals surface area (Å²) in [6.07, 6.45) is 1.74. The van der Waals surface area contributed by atoms with Gasteiger partial charge in [-0.25, -0.2) is 0 Å². The van der Waals surface area contributed by atoms with Gasteiger partial charge in [-0.2, -0.15) is 0 Å². The maximum absolute atomic E-state index is 12.5. The smallest absolute Gasteiger partial charge is 0.253 e. The molecule has 3 aromatic rings. The Balaban J connectivity index is 1.82. The van der Waals surface area contributed by atoms with E-state index in [0.29, 0.717) is 12.2 Å². The summed E-state index contributed by atoms with van der Waals surface area (Å²) in [6.45, 7) is 6.40. The summed E-state index contributed by atoms with van der Waals surface area (Å²) >= 11 is 0. The van der Waals surface area contributed by atoms with E-state index in [9.17, 15) is 4.79 Å². The van der Waals surface area contributed by atoms with Gasteiger partial charge in [0.25, 0.3) is 5.91 Å². The van der Waals surface area contributed by atoms with E-state index in [4.69, 9.17) is 4.74 Å². The van der Waals surface area contributed by atoms with Crippen LogP contribution in [0, 0.1) is 0 Å². The fourth-order valence-electron chi connectivity index (χ4n) is 2.53. The molecule has 0 radical (unpaired) electrons. The lowest BCUT2D eigenvalue weighted by Crippen LogP contribution is -2.40. The van der Waals surface area contributed by atoms with Gasteiger partial charge in [0.2, 0.25) is 0 Å². The molecule has 24 heavy (non-hydrogen) atoms. The summed E-state index contributed by atoms with van der Waals surface area (Å²) in [5, 5.41) is 3.85. The van der Waals surface area contributed by atoms with Crippen molar-refractivity contribution >= 4 is 16.8 Å². The predicted molar refractivity (Wildman–Crippen MR) is 96.3 cm³/mol. The highest BCUT2D eigenvalue weighted by Gasteiger charge is 2.18. The normalized spacial score (nSPS) is 11.5. The van der Waals surface area contributed by atoms with Gasteiger partial charge in [0.15, 0.2) is 0 Å². The molecule has 0 aliphatic heterocycles. The summed E-state index contributed by atoms with van der Waals surface area (Å²) in [7, 11) is 0. The number of hydrogen-bond donors (Lipinski definition) is 2. The molecule has 0 saturated carbocycles. The van der Waals surface area contributed by atoms with E-state index >= 15 is 0 Å². The number of nitrogens with one attached hydrogen (secondary N) is 2. The summed E-state index contributed by atoms with van der Waals surface area (Å²) in [5.74, 6) is 0.657. The van der Waals surface area contributed by atoms with Gasteiger partial charge in [-0.3, -0.25) is 4.79 Å². The van der Waals surface area contributed by atoms with Gasteiger partial charge >= 0.3 is 0 Å². The molecule has 0 aliphatic carbocycles. The lowest BCUT2D eigenvalue weighted by molar-refractivity contribution is 0.0921. The van der Waals surface area contributed by atoms with Crippen molar-refractivity contribution < 1.29 is 9.53 Å². The largest absolute Gasteiger partial charge is 0.489 e. The first-order valence-electron chi connectivity index (χ1n) is 8.03. The maximum Gasteiger partial charge on any atom is 0.253 e. The Morgan fingerprint density at radius 2 is 1.88 bits per heavy atom. The number of amides is 1. The van der Waals surface area contributed by atoms with Crippen LogP contribution < -0.4 is 10.1 Å². The summed E-state index contributed by atoms with van der Waals surface area (Å²) in [4.78, 5) is 15.6. The van der Waals surface area contributed by atoms with Crippen LogP contribution in [0.4, 0.5) is 0 Å². The van der Waals surface area contributed by atoms with Crippen LogP contribution in [-0.2, 0) is 6.61 Å². The van der Waals surface area contributed by atoms with E-state index < -0.39 is 0 Å². The molecule has 1 aromatic heterocycles. The Bertz CT molecular complexity index is 845. The van der Waals surface area contributed by atoms with Gasteiger partial charge in [-0.05, 0) is 44.5 Å². The van der Waals surface area contributed by atoms with Crippen molar-refractivity contribution in [2.75, 3.05) is 0 Å². The van der Waals surface area contributed by atoms with Crippen molar-refractivity contribution in [3.63, 3.8) is 0 Å². The summed E-state index contributed by atoms with van der Waals surface area (Å²) in [5.41, 5.74) is 2.38. The minimum atomic E-state index is -0.276. The fourth-order valence-corrected chi connectivity index (χ4v) is 2.53. The van der Waals surface area contributed by atoms with Crippen LogP contribution >= 0.6 is 0 Å². The topological polar surface area (TPSA) is 54.1 Å². The molecule has 4 heteroatoms. The number of hydrogen-bond acceptors (Lipinski definition) is 2. The first kappa shape index (κ1) is 16.1. The standard InChI is InChI=1S/C20H22N2O2/c1-20(2,3)22-19(23)17-12-21-18-10-9-15(11-16(17)18)24-13-14-7-5-4-6-8-14/h4-12,21H,13H2,1-3H3,(H,22,23). The molecule has 0 bridgehead atoms. The van der Waals surface area contributed by atoms with Crippen LogP contribution in [0.5, 0.6) is 5.75 Å². The molecular formula is C20H22N2O2. The van der Waals surface area contributed by atoms with Crippen LogP contribution in [0.15, 0.2) is 54.7 Å². The average Bonchev–Trinajstić information content (AvgIpc) is 2.95. The highest BCUT2D eigenvalue weighted by Crippen LogP contribution is 2.25. The molecule has 0 spiro atoms. The van der Waals surface area contributed by atoms with Crippen LogP contribution in [0.2, 0.25) is 0 Å². The molecule has 0 atom stereocenters. The molecule has 0 saturated heterocycles. The number of carbonyl (C=O) groups is 1. The Morgan fingerprint density at radius 1 is 1.12 bits per heavy atom. The van der Waals surface area contributed by atoms with Crippen molar-refractivity contribution in [2.45, 2.75) is 32.9 Å². The molecule has 0 unspecified atom stereocenters. The number of H-pyrrole nitrogens is 1. The van der Waals surface area contributed by atoms with Gasteiger partial charge in [-0.15, -0.1) is 0 Å². The zero-order chi connectivity index (χ0) is 17.2. The van der Waals surface area contributed by atoms with Crippen molar-refractivity contribution in [2.24, 2.45) is 0 Å². The van der Waals surface area contributed by atoms with Gasteiger partial charge in [0, 0.05) is 22.6 Å². The van der Waals surface area contributed by atoms with Crippen LogP contribution in [0.1, 0.15) is 36.7 Å². The third-order valence-electron chi connectivity index (χ3n) is 3.63. The molecule has 1 heterocycles. The lowest BCUT2D eigenvalue weighted by atomic mass is 10.1. The molecular weight excluding hydrogens is 300 g/mol. The number of benzene rings is 2. The number of rotatable bonds is 4. The van der Waals surface area contributed by atoms with Crippen LogP contribution in [0.3, 0.4) is 0 Å². The minimum absolute atomic E-state index is 0.0889. The predicted octanol–water partition coefficient (Wildman–Crippen LogP) is 4.28. The van der Waals surface area contributed by atoms with Crippen LogP contribution in [0.25, 0.3) is 10.9 Å². The first-order valence-corrected chi connectivity index (χ1v) is 8.03.